The van der Waals surface area contributed by atoms with Gasteiger partial charge in [0.25, 0.3) is 0 Å². The fourth-order valence-electron chi connectivity index (χ4n) is 1.79. The number of carbonyl (C=O) groups is 2. The maximum absolute atomic E-state index is 12.2. The van der Waals surface area contributed by atoms with Crippen LogP contribution in [0.15, 0.2) is 0 Å². The second-order valence-electron chi connectivity index (χ2n) is 7.06. The Morgan fingerprint density at radius 3 is 1.74 bits per heavy atom. The van der Waals surface area contributed by atoms with E-state index in [4.69, 9.17) is 9.47 Å². The number of carbonyl (C=O) groups excluding carboxylic acids is 2. The SMILES string of the molecule is CC(C)(C)OC(=O)NC1(C(=O)OC(C)(C)C)CCC1. The number of hydrogen-bond acceptors (Lipinski definition) is 4. The minimum absolute atomic E-state index is 0.378. The summed E-state index contributed by atoms with van der Waals surface area (Å²) in [5, 5.41) is 2.67. The monoisotopic (exact) mass is 271 g/mol. The van der Waals surface area contributed by atoms with E-state index in [0.717, 1.165) is 6.42 Å². The Kier molecular flexibility index (Phi) is 4.17. The molecule has 110 valence electrons. The van der Waals surface area contributed by atoms with Crippen molar-refractivity contribution in [3.63, 3.8) is 0 Å². The molecule has 0 bridgehead atoms. The minimum atomic E-state index is -0.907. The highest BCUT2D eigenvalue weighted by molar-refractivity contribution is 5.87. The second kappa shape index (κ2) is 5.02. The molecule has 5 heteroatoms. The molecule has 0 aromatic rings. The quantitative estimate of drug-likeness (QED) is 0.784. The molecule has 1 aliphatic rings. The highest BCUT2D eigenvalue weighted by Gasteiger charge is 2.48. The van der Waals surface area contributed by atoms with E-state index in [0.29, 0.717) is 12.8 Å². The summed E-state index contributed by atoms with van der Waals surface area (Å²) in [5.41, 5.74) is -2.05. The van der Waals surface area contributed by atoms with Crippen molar-refractivity contribution in [3.8, 4) is 0 Å². The summed E-state index contributed by atoms with van der Waals surface area (Å²) in [6.07, 6.45) is 1.52. The van der Waals surface area contributed by atoms with Crippen LogP contribution in [0.25, 0.3) is 0 Å². The van der Waals surface area contributed by atoms with Crippen molar-refractivity contribution < 1.29 is 19.1 Å². The largest absolute Gasteiger partial charge is 0.458 e. The average Bonchev–Trinajstić information content (AvgIpc) is 2.04. The molecule has 0 heterocycles. The van der Waals surface area contributed by atoms with Crippen LogP contribution in [0.2, 0.25) is 0 Å². The van der Waals surface area contributed by atoms with Crippen LogP contribution in [0.3, 0.4) is 0 Å². The van der Waals surface area contributed by atoms with Crippen LogP contribution in [-0.4, -0.2) is 28.8 Å². The molecule has 0 unspecified atom stereocenters. The summed E-state index contributed by atoms with van der Waals surface area (Å²) in [7, 11) is 0. The van der Waals surface area contributed by atoms with Gasteiger partial charge in [-0.2, -0.15) is 0 Å². The number of amides is 1. The van der Waals surface area contributed by atoms with Gasteiger partial charge in [-0.3, -0.25) is 0 Å². The highest BCUT2D eigenvalue weighted by Crippen LogP contribution is 2.34. The fraction of sp³-hybridized carbons (Fsp3) is 0.857. The van der Waals surface area contributed by atoms with Gasteiger partial charge in [-0.15, -0.1) is 0 Å². The first-order valence-corrected chi connectivity index (χ1v) is 6.68. The molecular formula is C14H25NO4. The molecule has 19 heavy (non-hydrogen) atoms. The molecule has 1 amide bonds. The Bertz CT molecular complexity index is 359. The molecule has 0 aromatic heterocycles. The molecule has 1 fully saturated rings. The van der Waals surface area contributed by atoms with Gasteiger partial charge < -0.3 is 14.8 Å². The van der Waals surface area contributed by atoms with Crippen molar-refractivity contribution in [3.05, 3.63) is 0 Å². The zero-order valence-corrected chi connectivity index (χ0v) is 12.8. The maximum Gasteiger partial charge on any atom is 0.408 e. The van der Waals surface area contributed by atoms with Crippen molar-refractivity contribution in [2.75, 3.05) is 0 Å². The molecule has 0 radical (unpaired) electrons. The van der Waals surface area contributed by atoms with Crippen molar-refractivity contribution in [1.82, 2.24) is 5.32 Å². The Morgan fingerprint density at radius 2 is 1.42 bits per heavy atom. The number of rotatable bonds is 2. The van der Waals surface area contributed by atoms with Gasteiger partial charge in [-0.25, -0.2) is 9.59 Å². The summed E-state index contributed by atoms with van der Waals surface area (Å²) in [5.74, 6) is -0.378. The van der Waals surface area contributed by atoms with E-state index in [2.05, 4.69) is 5.32 Å². The van der Waals surface area contributed by atoms with Crippen molar-refractivity contribution >= 4 is 12.1 Å². The van der Waals surface area contributed by atoms with E-state index in [1.165, 1.54) is 0 Å². The molecule has 0 aliphatic heterocycles. The van der Waals surface area contributed by atoms with Crippen LogP contribution in [0.1, 0.15) is 60.8 Å². The van der Waals surface area contributed by atoms with E-state index in [1.807, 2.05) is 20.8 Å². The third-order valence-corrected chi connectivity index (χ3v) is 2.74. The molecule has 5 nitrogen and oxygen atoms in total. The summed E-state index contributed by atoms with van der Waals surface area (Å²) >= 11 is 0. The fourth-order valence-corrected chi connectivity index (χ4v) is 1.79. The van der Waals surface area contributed by atoms with Crippen LogP contribution < -0.4 is 5.32 Å². The van der Waals surface area contributed by atoms with Gasteiger partial charge in [-0.1, -0.05) is 0 Å². The summed E-state index contributed by atoms with van der Waals surface area (Å²) in [6.45, 7) is 10.8. The maximum atomic E-state index is 12.2. The smallest absolute Gasteiger partial charge is 0.408 e. The molecule has 0 aromatic carbocycles. The topological polar surface area (TPSA) is 64.6 Å². The Balaban J connectivity index is 2.66. The van der Waals surface area contributed by atoms with Gasteiger partial charge >= 0.3 is 12.1 Å². The molecular weight excluding hydrogens is 246 g/mol. The number of esters is 1. The highest BCUT2D eigenvalue weighted by atomic mass is 16.6. The predicted molar refractivity (Wildman–Crippen MR) is 71.8 cm³/mol. The first-order valence-electron chi connectivity index (χ1n) is 6.68. The second-order valence-corrected chi connectivity index (χ2v) is 7.06. The standard InChI is InChI=1S/C14H25NO4/c1-12(2,3)18-10(16)14(8-7-9-14)15-11(17)19-13(4,5)6/h7-9H2,1-6H3,(H,15,17). The zero-order chi connectivity index (χ0) is 14.9. The summed E-state index contributed by atoms with van der Waals surface area (Å²) < 4.78 is 10.6. The van der Waals surface area contributed by atoms with E-state index in [-0.39, 0.29) is 5.97 Å². The van der Waals surface area contributed by atoms with Gasteiger partial charge in [0.15, 0.2) is 0 Å². The third-order valence-electron chi connectivity index (χ3n) is 2.74. The molecule has 1 aliphatic carbocycles. The molecule has 1 N–H and O–H groups in total. The molecule has 0 atom stereocenters. The van der Waals surface area contributed by atoms with Gasteiger partial charge in [0.2, 0.25) is 0 Å². The predicted octanol–water partition coefficient (Wildman–Crippen LogP) is 2.78. The van der Waals surface area contributed by atoms with E-state index < -0.39 is 22.8 Å². The number of alkyl carbamates (subject to hydrolysis) is 1. The van der Waals surface area contributed by atoms with Crippen molar-refractivity contribution in [1.29, 1.82) is 0 Å². The number of hydrogen-bond donors (Lipinski definition) is 1. The van der Waals surface area contributed by atoms with Crippen LogP contribution in [-0.2, 0) is 14.3 Å². The summed E-state index contributed by atoms with van der Waals surface area (Å²) in [6, 6.07) is 0. The van der Waals surface area contributed by atoms with Gasteiger partial charge in [-0.05, 0) is 60.8 Å². The number of nitrogens with one attached hydrogen (secondary N) is 1. The third kappa shape index (κ3) is 4.73. The summed E-state index contributed by atoms with van der Waals surface area (Å²) in [4.78, 5) is 24.0. The lowest BCUT2D eigenvalue weighted by molar-refractivity contribution is -0.167. The van der Waals surface area contributed by atoms with Gasteiger partial charge in [0.05, 0.1) is 0 Å². The zero-order valence-electron chi connectivity index (χ0n) is 12.8. The molecule has 1 rings (SSSR count). The Labute approximate surface area is 115 Å². The van der Waals surface area contributed by atoms with Crippen LogP contribution in [0.4, 0.5) is 4.79 Å². The van der Waals surface area contributed by atoms with Crippen LogP contribution in [0, 0.1) is 0 Å². The van der Waals surface area contributed by atoms with Crippen LogP contribution in [0.5, 0.6) is 0 Å². The molecule has 1 saturated carbocycles. The first-order chi connectivity index (χ1) is 8.44. The Hall–Kier alpha value is -1.26. The lowest BCUT2D eigenvalue weighted by atomic mass is 9.76. The van der Waals surface area contributed by atoms with E-state index in [9.17, 15) is 9.59 Å². The van der Waals surface area contributed by atoms with Gasteiger partial charge in [0, 0.05) is 0 Å². The van der Waals surface area contributed by atoms with Crippen molar-refractivity contribution in [2.45, 2.75) is 77.5 Å². The molecule has 0 saturated heterocycles. The number of ether oxygens (including phenoxy) is 2. The average molecular weight is 271 g/mol. The van der Waals surface area contributed by atoms with E-state index in [1.54, 1.807) is 20.8 Å². The lowest BCUT2D eigenvalue weighted by Crippen LogP contribution is -2.61. The molecule has 0 spiro atoms. The van der Waals surface area contributed by atoms with Gasteiger partial charge in [0.1, 0.15) is 16.7 Å². The lowest BCUT2D eigenvalue weighted by Gasteiger charge is -2.41. The van der Waals surface area contributed by atoms with E-state index >= 15 is 0 Å². The van der Waals surface area contributed by atoms with Crippen molar-refractivity contribution in [2.24, 2.45) is 0 Å². The Morgan fingerprint density at radius 1 is 0.947 bits per heavy atom. The normalized spacial score (nSPS) is 18.2. The first kappa shape index (κ1) is 15.8. The minimum Gasteiger partial charge on any atom is -0.458 e. The van der Waals surface area contributed by atoms with Crippen LogP contribution >= 0.6 is 0 Å².